The molecule has 1 aliphatic rings. The lowest BCUT2D eigenvalue weighted by molar-refractivity contribution is -0.123. The highest BCUT2D eigenvalue weighted by atomic mass is 16.5. The third kappa shape index (κ3) is 3.52. The lowest BCUT2D eigenvalue weighted by Gasteiger charge is -2.17. The van der Waals surface area contributed by atoms with Gasteiger partial charge >= 0.3 is 0 Å². The van der Waals surface area contributed by atoms with Gasteiger partial charge in [-0.25, -0.2) is 5.43 Å². The molecule has 4 heteroatoms. The lowest BCUT2D eigenvalue weighted by Crippen LogP contribution is -2.26. The number of amides is 1. The summed E-state index contributed by atoms with van der Waals surface area (Å²) in [7, 11) is 0. The van der Waals surface area contributed by atoms with E-state index >= 15 is 0 Å². The van der Waals surface area contributed by atoms with Crippen LogP contribution in [-0.4, -0.2) is 18.2 Å². The van der Waals surface area contributed by atoms with E-state index in [1.54, 1.807) is 0 Å². The number of benzene rings is 2. The molecule has 1 N–H and O–H groups in total. The van der Waals surface area contributed by atoms with Crippen molar-refractivity contribution in [3.05, 3.63) is 65.7 Å². The van der Waals surface area contributed by atoms with Crippen molar-refractivity contribution in [1.29, 1.82) is 0 Å². The lowest BCUT2D eigenvalue weighted by atomic mass is 9.90. The molecule has 0 aliphatic heterocycles. The molecule has 1 aliphatic carbocycles. The van der Waals surface area contributed by atoms with Crippen molar-refractivity contribution in [2.45, 2.75) is 19.3 Å². The summed E-state index contributed by atoms with van der Waals surface area (Å²) in [5.74, 6) is 0.424. The quantitative estimate of drug-likeness (QED) is 0.881. The van der Waals surface area contributed by atoms with Crippen LogP contribution in [0.5, 0.6) is 5.75 Å². The zero-order valence-electron chi connectivity index (χ0n) is 12.3. The molecule has 0 radical (unpaired) electrons. The highest BCUT2D eigenvalue weighted by molar-refractivity contribution is 6.03. The molecule has 0 saturated heterocycles. The maximum Gasteiger partial charge on any atom is 0.277 e. The number of nitrogens with zero attached hydrogens (tertiary/aromatic N) is 1. The average molecular weight is 294 g/mol. The molecule has 0 unspecified atom stereocenters. The Morgan fingerprint density at radius 1 is 1.05 bits per heavy atom. The molecule has 0 saturated carbocycles. The van der Waals surface area contributed by atoms with Gasteiger partial charge < -0.3 is 4.74 Å². The Balaban J connectivity index is 1.59. The number of fused-ring (bicyclic) bond motifs is 1. The van der Waals surface area contributed by atoms with E-state index in [0.717, 1.165) is 30.5 Å². The van der Waals surface area contributed by atoms with Gasteiger partial charge in [-0.1, -0.05) is 42.5 Å². The molecular weight excluding hydrogens is 276 g/mol. The van der Waals surface area contributed by atoms with Gasteiger partial charge in [0.05, 0.1) is 5.71 Å². The zero-order valence-corrected chi connectivity index (χ0v) is 12.3. The number of hydrogen-bond donors (Lipinski definition) is 1. The largest absolute Gasteiger partial charge is 0.484 e. The fourth-order valence-corrected chi connectivity index (χ4v) is 2.54. The van der Waals surface area contributed by atoms with E-state index in [2.05, 4.69) is 22.7 Å². The average Bonchev–Trinajstić information content (AvgIpc) is 2.59. The van der Waals surface area contributed by atoms with Crippen LogP contribution in [0.3, 0.4) is 0 Å². The molecule has 22 heavy (non-hydrogen) atoms. The van der Waals surface area contributed by atoms with Gasteiger partial charge in [0, 0.05) is 5.56 Å². The van der Waals surface area contributed by atoms with Crippen molar-refractivity contribution in [3.63, 3.8) is 0 Å². The van der Waals surface area contributed by atoms with E-state index in [0.29, 0.717) is 5.75 Å². The number of carbonyl (C=O) groups excluding carboxylic acids is 1. The molecule has 0 heterocycles. The molecule has 112 valence electrons. The molecule has 0 fully saturated rings. The second-order valence-corrected chi connectivity index (χ2v) is 5.21. The highest BCUT2D eigenvalue weighted by Crippen LogP contribution is 2.21. The number of nitrogens with one attached hydrogen (secondary N) is 1. The minimum absolute atomic E-state index is 0.0392. The zero-order chi connectivity index (χ0) is 15.2. The molecule has 0 bridgehead atoms. The first-order valence-electron chi connectivity index (χ1n) is 7.44. The van der Waals surface area contributed by atoms with Crippen LogP contribution in [0.15, 0.2) is 59.7 Å². The topological polar surface area (TPSA) is 50.7 Å². The predicted molar refractivity (Wildman–Crippen MR) is 86.0 cm³/mol. The van der Waals surface area contributed by atoms with Crippen molar-refractivity contribution in [2.24, 2.45) is 5.10 Å². The first-order valence-corrected chi connectivity index (χ1v) is 7.44. The third-order valence-electron chi connectivity index (χ3n) is 3.62. The molecule has 2 aromatic rings. The SMILES string of the molecule is O=C(COc1ccccc1)NN=C1CCCc2ccccc21. The number of ether oxygens (including phenoxy) is 1. The van der Waals surface area contributed by atoms with E-state index in [4.69, 9.17) is 4.74 Å². The van der Waals surface area contributed by atoms with Crippen LogP contribution >= 0.6 is 0 Å². The van der Waals surface area contributed by atoms with Crippen LogP contribution < -0.4 is 10.2 Å². The van der Waals surface area contributed by atoms with Crippen LogP contribution in [0, 0.1) is 0 Å². The second kappa shape index (κ2) is 6.89. The fraction of sp³-hybridized carbons (Fsp3) is 0.222. The minimum atomic E-state index is -0.251. The summed E-state index contributed by atoms with van der Waals surface area (Å²) in [6, 6.07) is 17.5. The summed E-state index contributed by atoms with van der Waals surface area (Å²) in [4.78, 5) is 11.8. The highest BCUT2D eigenvalue weighted by Gasteiger charge is 2.15. The Morgan fingerprint density at radius 3 is 2.68 bits per heavy atom. The second-order valence-electron chi connectivity index (χ2n) is 5.21. The Hall–Kier alpha value is -2.62. The number of aryl methyl sites for hydroxylation is 1. The number of hydrogen-bond acceptors (Lipinski definition) is 3. The Labute approximate surface area is 129 Å². The van der Waals surface area contributed by atoms with Gasteiger partial charge in [-0.3, -0.25) is 4.79 Å². The van der Waals surface area contributed by atoms with Gasteiger partial charge in [-0.2, -0.15) is 5.10 Å². The first kappa shape index (κ1) is 14.3. The van der Waals surface area contributed by atoms with Crippen molar-refractivity contribution < 1.29 is 9.53 Å². The molecule has 2 aromatic carbocycles. The Bertz CT molecular complexity index is 680. The number of hydrazone groups is 1. The minimum Gasteiger partial charge on any atom is -0.484 e. The van der Waals surface area contributed by atoms with Crippen LogP contribution in [0.1, 0.15) is 24.0 Å². The van der Waals surface area contributed by atoms with E-state index in [1.165, 1.54) is 5.56 Å². The van der Waals surface area contributed by atoms with Crippen molar-refractivity contribution in [1.82, 2.24) is 5.43 Å². The fourth-order valence-electron chi connectivity index (χ4n) is 2.54. The predicted octanol–water partition coefficient (Wildman–Crippen LogP) is 2.92. The van der Waals surface area contributed by atoms with Crippen LogP contribution in [0.2, 0.25) is 0 Å². The van der Waals surface area contributed by atoms with Gasteiger partial charge in [0.1, 0.15) is 5.75 Å². The summed E-state index contributed by atoms with van der Waals surface area (Å²) >= 11 is 0. The van der Waals surface area contributed by atoms with Crippen LogP contribution in [0.4, 0.5) is 0 Å². The standard InChI is InChI=1S/C18H18N2O2/c21-18(13-22-15-9-2-1-3-10-15)20-19-17-12-6-8-14-7-4-5-11-16(14)17/h1-5,7,9-11H,6,8,12-13H2,(H,20,21). The van der Waals surface area contributed by atoms with Gasteiger partial charge in [0.25, 0.3) is 5.91 Å². The van der Waals surface area contributed by atoms with Gasteiger partial charge in [-0.15, -0.1) is 0 Å². The summed E-state index contributed by atoms with van der Waals surface area (Å²) < 4.78 is 5.40. The van der Waals surface area contributed by atoms with Gasteiger partial charge in [0.15, 0.2) is 6.61 Å². The summed E-state index contributed by atoms with van der Waals surface area (Å²) in [6.07, 6.45) is 3.02. The maximum atomic E-state index is 11.8. The monoisotopic (exact) mass is 294 g/mol. The summed E-state index contributed by atoms with van der Waals surface area (Å²) in [6.45, 7) is -0.0392. The molecule has 0 atom stereocenters. The summed E-state index contributed by atoms with van der Waals surface area (Å²) in [5, 5.41) is 4.27. The molecule has 4 nitrogen and oxygen atoms in total. The third-order valence-corrected chi connectivity index (χ3v) is 3.62. The number of rotatable bonds is 4. The van der Waals surface area contributed by atoms with E-state index in [9.17, 15) is 4.79 Å². The van der Waals surface area contributed by atoms with Gasteiger partial charge in [0.2, 0.25) is 0 Å². The van der Waals surface area contributed by atoms with Crippen molar-refractivity contribution in [2.75, 3.05) is 6.61 Å². The smallest absolute Gasteiger partial charge is 0.277 e. The maximum absolute atomic E-state index is 11.8. The van der Waals surface area contributed by atoms with Crippen LogP contribution in [-0.2, 0) is 11.2 Å². The molecular formula is C18H18N2O2. The normalized spacial score (nSPS) is 15.2. The number of para-hydroxylation sites is 1. The Morgan fingerprint density at radius 2 is 1.82 bits per heavy atom. The molecule has 0 spiro atoms. The van der Waals surface area contributed by atoms with E-state index in [-0.39, 0.29) is 12.5 Å². The van der Waals surface area contributed by atoms with Crippen LogP contribution in [0.25, 0.3) is 0 Å². The molecule has 1 amide bonds. The first-order chi connectivity index (χ1) is 10.8. The number of carbonyl (C=O) groups is 1. The van der Waals surface area contributed by atoms with E-state index < -0.39 is 0 Å². The summed E-state index contributed by atoms with van der Waals surface area (Å²) in [5.41, 5.74) is 5.96. The Kier molecular flexibility index (Phi) is 4.49. The van der Waals surface area contributed by atoms with E-state index in [1.807, 2.05) is 42.5 Å². The molecule has 3 rings (SSSR count). The molecule has 0 aromatic heterocycles. The van der Waals surface area contributed by atoms with Gasteiger partial charge in [-0.05, 0) is 37.0 Å². The van der Waals surface area contributed by atoms with Crippen molar-refractivity contribution in [3.8, 4) is 5.75 Å². The van der Waals surface area contributed by atoms with Crippen molar-refractivity contribution >= 4 is 11.6 Å².